The first kappa shape index (κ1) is 21.0. The van der Waals surface area contributed by atoms with Gasteiger partial charge in [-0.05, 0) is 54.9 Å². The fourth-order valence-electron chi connectivity index (χ4n) is 5.29. The largest absolute Gasteiger partial charge is 0.508 e. The van der Waals surface area contributed by atoms with Gasteiger partial charge in [0.1, 0.15) is 12.4 Å². The Balaban J connectivity index is 1.28. The average Bonchev–Trinajstić information content (AvgIpc) is 2.83. The van der Waals surface area contributed by atoms with E-state index < -0.39 is 0 Å². The number of hydrogen-bond donors (Lipinski definition) is 3. The summed E-state index contributed by atoms with van der Waals surface area (Å²) in [6, 6.07) is 16.1. The summed E-state index contributed by atoms with van der Waals surface area (Å²) in [6.45, 7) is 3.43. The molecule has 6 heteroatoms. The van der Waals surface area contributed by atoms with Crippen molar-refractivity contribution in [1.82, 2.24) is 10.3 Å². The molecule has 3 atom stereocenters. The van der Waals surface area contributed by atoms with Crippen molar-refractivity contribution in [2.75, 3.05) is 31.2 Å². The van der Waals surface area contributed by atoms with Gasteiger partial charge in [-0.3, -0.25) is 4.98 Å². The topological polar surface area (TPSA) is 77.9 Å². The maximum absolute atomic E-state index is 10.1. The zero-order valence-corrected chi connectivity index (χ0v) is 18.3. The SMILES string of the molecule is OC[C@H]1C[C@H](CN2CCOc3cnc4ccc(O)cc4c32)CC[C@H]1NCc1ccccc1. The maximum Gasteiger partial charge on any atom is 0.161 e. The predicted molar refractivity (Wildman–Crippen MR) is 126 cm³/mol. The third-order valence-corrected chi connectivity index (χ3v) is 6.94. The molecule has 5 rings (SSSR count). The van der Waals surface area contributed by atoms with Gasteiger partial charge >= 0.3 is 0 Å². The number of aromatic hydroxyl groups is 1. The van der Waals surface area contributed by atoms with Crippen LogP contribution in [0.2, 0.25) is 0 Å². The van der Waals surface area contributed by atoms with E-state index in [1.165, 1.54) is 5.56 Å². The molecule has 0 radical (unpaired) electrons. The number of pyridine rings is 1. The summed E-state index contributed by atoms with van der Waals surface area (Å²) in [6.07, 6.45) is 4.99. The van der Waals surface area contributed by atoms with Crippen molar-refractivity contribution < 1.29 is 14.9 Å². The van der Waals surface area contributed by atoms with Crippen LogP contribution < -0.4 is 15.0 Å². The Morgan fingerprint density at radius 3 is 2.84 bits per heavy atom. The van der Waals surface area contributed by atoms with Gasteiger partial charge in [0.2, 0.25) is 0 Å². The van der Waals surface area contributed by atoms with Crippen LogP contribution in [0.4, 0.5) is 5.69 Å². The number of fused-ring (bicyclic) bond motifs is 3. The van der Waals surface area contributed by atoms with E-state index in [-0.39, 0.29) is 18.3 Å². The lowest BCUT2D eigenvalue weighted by Gasteiger charge is -2.40. The van der Waals surface area contributed by atoms with Gasteiger partial charge in [-0.2, -0.15) is 0 Å². The monoisotopic (exact) mass is 433 g/mol. The van der Waals surface area contributed by atoms with E-state index >= 15 is 0 Å². The van der Waals surface area contributed by atoms with Crippen LogP contribution in [-0.2, 0) is 6.54 Å². The molecule has 1 fully saturated rings. The number of phenolic OH excluding ortho intramolecular Hbond substituents is 1. The molecule has 2 heterocycles. The zero-order chi connectivity index (χ0) is 21.9. The minimum absolute atomic E-state index is 0.212. The Labute approximate surface area is 188 Å². The van der Waals surface area contributed by atoms with E-state index in [0.29, 0.717) is 18.6 Å². The number of aliphatic hydroxyl groups excluding tert-OH is 1. The van der Waals surface area contributed by atoms with Crippen LogP contribution in [0.3, 0.4) is 0 Å². The molecule has 1 aliphatic heterocycles. The second-order valence-electron chi connectivity index (χ2n) is 9.06. The number of aromatic nitrogens is 1. The summed E-state index contributed by atoms with van der Waals surface area (Å²) in [5.74, 6) is 1.79. The lowest BCUT2D eigenvalue weighted by molar-refractivity contribution is 0.124. The highest BCUT2D eigenvalue weighted by molar-refractivity contribution is 5.96. The molecule has 6 nitrogen and oxygen atoms in total. The third-order valence-electron chi connectivity index (χ3n) is 6.94. The van der Waals surface area contributed by atoms with Gasteiger partial charge in [0.25, 0.3) is 0 Å². The summed E-state index contributed by atoms with van der Waals surface area (Å²) in [5.41, 5.74) is 3.17. The third kappa shape index (κ3) is 4.38. The predicted octanol–water partition coefficient (Wildman–Crippen LogP) is 3.71. The highest BCUT2D eigenvalue weighted by Gasteiger charge is 2.32. The summed E-state index contributed by atoms with van der Waals surface area (Å²) < 4.78 is 5.89. The number of aliphatic hydroxyl groups is 1. The Morgan fingerprint density at radius 2 is 2.00 bits per heavy atom. The highest BCUT2D eigenvalue weighted by Crippen LogP contribution is 2.40. The van der Waals surface area contributed by atoms with Crippen LogP contribution in [-0.4, -0.2) is 47.5 Å². The molecule has 1 aromatic heterocycles. The number of rotatable bonds is 6. The molecule has 2 aromatic carbocycles. The number of ether oxygens (including phenoxy) is 1. The molecular formula is C26H31N3O3. The molecule has 168 valence electrons. The first-order chi connectivity index (χ1) is 15.7. The van der Waals surface area contributed by atoms with Crippen molar-refractivity contribution >= 4 is 16.6 Å². The fourth-order valence-corrected chi connectivity index (χ4v) is 5.29. The first-order valence-electron chi connectivity index (χ1n) is 11.6. The number of hydrogen-bond acceptors (Lipinski definition) is 6. The van der Waals surface area contributed by atoms with E-state index in [4.69, 9.17) is 4.74 Å². The van der Waals surface area contributed by atoms with Crippen LogP contribution in [0.5, 0.6) is 11.5 Å². The van der Waals surface area contributed by atoms with Crippen LogP contribution >= 0.6 is 0 Å². The lowest BCUT2D eigenvalue weighted by Crippen LogP contribution is -2.45. The van der Waals surface area contributed by atoms with Crippen molar-refractivity contribution in [2.24, 2.45) is 11.8 Å². The number of nitrogens with one attached hydrogen (secondary N) is 1. The van der Waals surface area contributed by atoms with Gasteiger partial charge in [0.05, 0.1) is 23.9 Å². The Bertz CT molecular complexity index is 1060. The van der Waals surface area contributed by atoms with Gasteiger partial charge < -0.3 is 25.2 Å². The van der Waals surface area contributed by atoms with Gasteiger partial charge in [0, 0.05) is 31.1 Å². The molecule has 0 unspecified atom stereocenters. The maximum atomic E-state index is 10.1. The summed E-state index contributed by atoms with van der Waals surface area (Å²) in [7, 11) is 0. The van der Waals surface area contributed by atoms with Crippen molar-refractivity contribution in [3.63, 3.8) is 0 Å². The zero-order valence-electron chi connectivity index (χ0n) is 18.3. The van der Waals surface area contributed by atoms with E-state index in [0.717, 1.165) is 61.2 Å². The molecule has 0 amide bonds. The molecule has 1 aliphatic carbocycles. The molecular weight excluding hydrogens is 402 g/mol. The highest BCUT2D eigenvalue weighted by atomic mass is 16.5. The summed E-state index contributed by atoms with van der Waals surface area (Å²) in [4.78, 5) is 6.88. The molecule has 3 aromatic rings. The van der Waals surface area contributed by atoms with Crippen molar-refractivity contribution in [3.05, 3.63) is 60.3 Å². The van der Waals surface area contributed by atoms with Crippen molar-refractivity contribution in [1.29, 1.82) is 0 Å². The standard InChI is InChI=1S/C26H31N3O3/c30-17-20-12-19(6-8-23(20)27-14-18-4-2-1-3-5-18)16-29-10-11-32-25-15-28-24-9-7-21(31)13-22(24)26(25)29/h1-5,7,9,13,15,19-20,23,27,30-31H,6,8,10-12,14,16-17H2/t19-,20-,23-/m1/s1. The normalized spacial score (nSPS) is 23.0. The van der Waals surface area contributed by atoms with Gasteiger partial charge in [-0.15, -0.1) is 0 Å². The smallest absolute Gasteiger partial charge is 0.161 e. The molecule has 32 heavy (non-hydrogen) atoms. The van der Waals surface area contributed by atoms with Crippen LogP contribution in [0.1, 0.15) is 24.8 Å². The van der Waals surface area contributed by atoms with E-state index in [2.05, 4.69) is 39.5 Å². The number of benzene rings is 2. The summed E-state index contributed by atoms with van der Waals surface area (Å²) >= 11 is 0. The quantitative estimate of drug-likeness (QED) is 0.550. The molecule has 0 spiro atoms. The van der Waals surface area contributed by atoms with E-state index in [1.54, 1.807) is 18.3 Å². The van der Waals surface area contributed by atoms with Gasteiger partial charge in [-0.25, -0.2) is 0 Å². The molecule has 3 N–H and O–H groups in total. The van der Waals surface area contributed by atoms with Crippen LogP contribution in [0, 0.1) is 11.8 Å². The molecule has 0 bridgehead atoms. The molecule has 2 aliphatic rings. The average molecular weight is 434 g/mol. The second kappa shape index (κ2) is 9.35. The Morgan fingerprint density at radius 1 is 1.12 bits per heavy atom. The van der Waals surface area contributed by atoms with Crippen molar-refractivity contribution in [2.45, 2.75) is 31.8 Å². The lowest BCUT2D eigenvalue weighted by atomic mass is 9.78. The Hall–Kier alpha value is -2.83. The van der Waals surface area contributed by atoms with Crippen molar-refractivity contribution in [3.8, 4) is 11.5 Å². The van der Waals surface area contributed by atoms with Crippen LogP contribution in [0.25, 0.3) is 10.9 Å². The van der Waals surface area contributed by atoms with Crippen LogP contribution in [0.15, 0.2) is 54.7 Å². The van der Waals surface area contributed by atoms with E-state index in [9.17, 15) is 10.2 Å². The number of nitrogens with zero attached hydrogens (tertiary/aromatic N) is 2. The number of phenols is 1. The van der Waals surface area contributed by atoms with Gasteiger partial charge in [-0.1, -0.05) is 30.3 Å². The van der Waals surface area contributed by atoms with E-state index in [1.807, 2.05) is 12.1 Å². The fraction of sp³-hybridized carbons (Fsp3) is 0.423. The molecule has 0 saturated heterocycles. The Kier molecular flexibility index (Phi) is 6.14. The summed E-state index contributed by atoms with van der Waals surface area (Å²) in [5, 5.41) is 24.8. The second-order valence-corrected chi connectivity index (χ2v) is 9.06. The number of anilines is 1. The van der Waals surface area contributed by atoms with Gasteiger partial charge in [0.15, 0.2) is 5.75 Å². The molecule has 1 saturated carbocycles. The minimum atomic E-state index is 0.212. The first-order valence-corrected chi connectivity index (χ1v) is 11.6. The minimum Gasteiger partial charge on any atom is -0.508 e.